The number of amides is 1. The van der Waals surface area contributed by atoms with Gasteiger partial charge in [0.1, 0.15) is 13.3 Å². The van der Waals surface area contributed by atoms with Gasteiger partial charge in [-0.1, -0.05) is 25.5 Å². The first-order valence-corrected chi connectivity index (χ1v) is 14.3. The largest absolute Gasteiger partial charge is 0.393 e. The van der Waals surface area contributed by atoms with Crippen molar-refractivity contribution in [3.8, 4) is 0 Å². The molecule has 0 radical (unpaired) electrons. The molecule has 7 nitrogen and oxygen atoms in total. The Kier molecular flexibility index (Phi) is 11.0. The Hall–Kier alpha value is -1.06. The van der Waals surface area contributed by atoms with E-state index in [1.165, 1.54) is 5.57 Å². The lowest BCUT2D eigenvalue weighted by Gasteiger charge is -2.49. The Balaban J connectivity index is 1.65. The van der Waals surface area contributed by atoms with Crippen LogP contribution in [0.1, 0.15) is 72.6 Å². The molecule has 1 N–H and O–H groups in total. The number of carbonyl (C=O) groups is 1. The van der Waals surface area contributed by atoms with Crippen molar-refractivity contribution in [2.45, 2.75) is 89.9 Å². The van der Waals surface area contributed by atoms with Crippen LogP contribution in [0.3, 0.4) is 0 Å². The first-order valence-electron chi connectivity index (χ1n) is 14.3. The fourth-order valence-electron chi connectivity index (χ4n) is 6.11. The molecule has 2 heterocycles. The Morgan fingerprint density at radius 1 is 1.14 bits per heavy atom. The lowest BCUT2D eigenvalue weighted by atomic mass is 9.74. The Morgan fingerprint density at radius 3 is 2.38 bits per heavy atom. The van der Waals surface area contributed by atoms with Crippen molar-refractivity contribution in [1.82, 2.24) is 14.7 Å². The summed E-state index contributed by atoms with van der Waals surface area (Å²) < 4.78 is 24.6. The van der Waals surface area contributed by atoms with Crippen LogP contribution in [0.15, 0.2) is 11.6 Å². The average molecular weight is 526 g/mol. The number of methoxy groups -OCH3 is 1. The smallest absolute Gasteiger partial charge is 0.248 e. The second-order valence-corrected chi connectivity index (χ2v) is 12.6. The van der Waals surface area contributed by atoms with E-state index in [4.69, 9.17) is 9.47 Å². The van der Waals surface area contributed by atoms with Crippen molar-refractivity contribution in [2.75, 3.05) is 72.8 Å². The van der Waals surface area contributed by atoms with Gasteiger partial charge in [0.15, 0.2) is 0 Å². The topological polar surface area (TPSA) is 65.5 Å². The zero-order valence-electron chi connectivity index (χ0n) is 24.1. The Labute approximate surface area is 224 Å². The molecule has 0 aromatic rings. The highest BCUT2D eigenvalue weighted by atomic mass is 19.1. The van der Waals surface area contributed by atoms with Crippen molar-refractivity contribution >= 4 is 5.91 Å². The number of rotatable bonds is 12. The number of aliphatic hydroxyl groups excluding tert-OH is 1. The summed E-state index contributed by atoms with van der Waals surface area (Å²) in [5.74, 6) is 0.0518. The number of nitrogens with zero attached hydrogens (tertiary/aromatic N) is 3. The number of aliphatic hydroxyl groups is 1. The third kappa shape index (κ3) is 8.46. The van der Waals surface area contributed by atoms with Gasteiger partial charge in [0.05, 0.1) is 18.3 Å². The number of hydrogen-bond donors (Lipinski definition) is 1. The number of alkyl halides is 1. The molecule has 0 spiro atoms. The lowest BCUT2D eigenvalue weighted by molar-refractivity contribution is -0.134. The van der Waals surface area contributed by atoms with Crippen molar-refractivity contribution in [3.63, 3.8) is 0 Å². The second-order valence-electron chi connectivity index (χ2n) is 12.6. The van der Waals surface area contributed by atoms with E-state index in [0.29, 0.717) is 19.7 Å². The minimum atomic E-state index is -0.289. The van der Waals surface area contributed by atoms with Crippen molar-refractivity contribution in [1.29, 1.82) is 0 Å². The first-order chi connectivity index (χ1) is 17.5. The summed E-state index contributed by atoms with van der Waals surface area (Å²) in [5.41, 5.74) is 1.16. The van der Waals surface area contributed by atoms with Gasteiger partial charge in [-0.15, -0.1) is 0 Å². The molecule has 1 saturated heterocycles. The van der Waals surface area contributed by atoms with Crippen LogP contribution in [0.4, 0.5) is 4.39 Å². The maximum Gasteiger partial charge on any atom is 0.248 e. The van der Waals surface area contributed by atoms with Gasteiger partial charge in [-0.2, -0.15) is 0 Å². The van der Waals surface area contributed by atoms with E-state index in [0.717, 1.165) is 77.7 Å². The molecule has 1 aliphatic carbocycles. The molecule has 1 unspecified atom stereocenters. The van der Waals surface area contributed by atoms with Crippen LogP contribution in [0.2, 0.25) is 0 Å². The molecule has 0 aromatic heterocycles. The highest BCUT2D eigenvalue weighted by Crippen LogP contribution is 2.40. The van der Waals surface area contributed by atoms with E-state index < -0.39 is 0 Å². The van der Waals surface area contributed by atoms with Crippen LogP contribution >= 0.6 is 0 Å². The van der Waals surface area contributed by atoms with Crippen LogP contribution in [-0.4, -0.2) is 116 Å². The van der Waals surface area contributed by atoms with Gasteiger partial charge in [0.25, 0.3) is 0 Å². The number of hydrogen-bond acceptors (Lipinski definition) is 6. The molecule has 0 bridgehead atoms. The summed E-state index contributed by atoms with van der Waals surface area (Å²) in [6.07, 6.45) is 8.39. The normalized spacial score (nSPS) is 28.1. The number of carbonyl (C=O) groups excluding carboxylic acids is 1. The summed E-state index contributed by atoms with van der Waals surface area (Å²) >= 11 is 0. The molecule has 1 atom stereocenters. The van der Waals surface area contributed by atoms with E-state index in [2.05, 4.69) is 43.6 Å². The van der Waals surface area contributed by atoms with Gasteiger partial charge in [-0.25, -0.2) is 4.39 Å². The van der Waals surface area contributed by atoms with Crippen molar-refractivity contribution < 1.29 is 23.8 Å². The third-order valence-corrected chi connectivity index (χ3v) is 9.27. The van der Waals surface area contributed by atoms with Crippen LogP contribution in [0, 0.1) is 5.41 Å². The maximum atomic E-state index is 12.9. The fraction of sp³-hybridized carbons (Fsp3) is 0.897. The summed E-state index contributed by atoms with van der Waals surface area (Å²) in [4.78, 5) is 18.9. The molecule has 2 aliphatic heterocycles. The predicted octanol–water partition coefficient (Wildman–Crippen LogP) is 3.65. The summed E-state index contributed by atoms with van der Waals surface area (Å²) in [7, 11) is 1.56. The van der Waals surface area contributed by atoms with Crippen LogP contribution < -0.4 is 0 Å². The van der Waals surface area contributed by atoms with Crippen LogP contribution in [-0.2, 0) is 14.3 Å². The number of ether oxygens (including phenoxy) is 2. The molecule has 1 amide bonds. The summed E-state index contributed by atoms with van der Waals surface area (Å²) in [5, 5.41) is 9.98. The molecule has 3 aliphatic rings. The lowest BCUT2D eigenvalue weighted by Crippen LogP contribution is -2.59. The van der Waals surface area contributed by atoms with Gasteiger partial charge in [0, 0.05) is 58.5 Å². The summed E-state index contributed by atoms with van der Waals surface area (Å²) in [6.45, 7) is 15.3. The van der Waals surface area contributed by atoms with E-state index in [1.54, 1.807) is 7.11 Å². The minimum Gasteiger partial charge on any atom is -0.393 e. The van der Waals surface area contributed by atoms with Gasteiger partial charge in [-0.05, 0) is 64.2 Å². The zero-order valence-corrected chi connectivity index (χ0v) is 24.1. The second kappa shape index (κ2) is 13.3. The molecule has 3 rings (SSSR count). The minimum absolute atomic E-state index is 0.0343. The van der Waals surface area contributed by atoms with E-state index in [9.17, 15) is 14.3 Å². The highest BCUT2D eigenvalue weighted by molar-refractivity contribution is 5.77. The molecule has 8 heteroatoms. The quantitative estimate of drug-likeness (QED) is 0.393. The Morgan fingerprint density at radius 2 is 1.81 bits per heavy atom. The van der Waals surface area contributed by atoms with E-state index in [-0.39, 0.29) is 41.8 Å². The van der Waals surface area contributed by atoms with Crippen LogP contribution in [0.25, 0.3) is 0 Å². The van der Waals surface area contributed by atoms with Crippen molar-refractivity contribution in [2.24, 2.45) is 5.41 Å². The molecular formula is C29H52FN3O4. The SMILES string of the molecule is COCC(=O)N1CC=C(C(C)(C)CCC(C)(COC2(C)CCC(O)CC2)N2CCN(CCF)CC2)CC1. The molecule has 2 fully saturated rings. The molecule has 214 valence electrons. The maximum absolute atomic E-state index is 12.9. The standard InChI is InChI=1S/C29H52FN3O4/c1-27(2,24-8-15-32(16-9-24)26(35)22-36-5)12-13-28(3,33-20-18-31(17-14-30)19-21-33)23-37-29(4)10-6-25(34)7-11-29/h8,25,34H,6-7,9-23H2,1-5H3. The van der Waals surface area contributed by atoms with E-state index >= 15 is 0 Å². The van der Waals surface area contributed by atoms with E-state index in [1.807, 2.05) is 4.90 Å². The Bertz CT molecular complexity index is 760. The monoisotopic (exact) mass is 525 g/mol. The third-order valence-electron chi connectivity index (χ3n) is 9.27. The predicted molar refractivity (Wildman–Crippen MR) is 145 cm³/mol. The van der Waals surface area contributed by atoms with Gasteiger partial charge >= 0.3 is 0 Å². The summed E-state index contributed by atoms with van der Waals surface area (Å²) in [6, 6.07) is 0. The number of piperazine rings is 1. The van der Waals surface area contributed by atoms with Crippen molar-refractivity contribution in [3.05, 3.63) is 11.6 Å². The fourth-order valence-corrected chi connectivity index (χ4v) is 6.11. The average Bonchev–Trinajstić information content (AvgIpc) is 2.89. The highest BCUT2D eigenvalue weighted by Gasteiger charge is 2.40. The number of halogens is 1. The molecular weight excluding hydrogens is 473 g/mol. The molecule has 1 saturated carbocycles. The van der Waals surface area contributed by atoms with Gasteiger partial charge < -0.3 is 19.5 Å². The van der Waals surface area contributed by atoms with Gasteiger partial charge in [0.2, 0.25) is 5.91 Å². The molecule has 0 aromatic carbocycles. The zero-order chi connectivity index (χ0) is 27.1. The van der Waals surface area contributed by atoms with Crippen LogP contribution in [0.5, 0.6) is 0 Å². The molecule has 37 heavy (non-hydrogen) atoms. The first kappa shape index (κ1) is 30.5. The van der Waals surface area contributed by atoms with Gasteiger partial charge in [-0.3, -0.25) is 14.6 Å².